The first-order valence-corrected chi connectivity index (χ1v) is 8.68. The van der Waals surface area contributed by atoms with Crippen LogP contribution in [-0.4, -0.2) is 24.4 Å². The average Bonchev–Trinajstić information content (AvgIpc) is 3.08. The molecule has 2 N–H and O–H groups in total. The number of hydrazine groups is 1. The minimum absolute atomic E-state index is 0.163. The van der Waals surface area contributed by atoms with Gasteiger partial charge in [0.15, 0.2) is 5.78 Å². The summed E-state index contributed by atoms with van der Waals surface area (Å²) in [4.78, 5) is 25.3. The van der Waals surface area contributed by atoms with E-state index >= 15 is 0 Å². The lowest BCUT2D eigenvalue weighted by Gasteiger charge is -2.14. The minimum Gasteiger partial charge on any atom is -0.461 e. The van der Waals surface area contributed by atoms with Gasteiger partial charge in [-0.25, -0.2) is 10.2 Å². The van der Waals surface area contributed by atoms with Crippen LogP contribution >= 0.6 is 11.6 Å². The fourth-order valence-corrected chi connectivity index (χ4v) is 2.94. The molecule has 0 amide bonds. The van der Waals surface area contributed by atoms with Crippen LogP contribution in [0.1, 0.15) is 28.4 Å². The Morgan fingerprint density at radius 2 is 1.73 bits per heavy atom. The van der Waals surface area contributed by atoms with Crippen molar-refractivity contribution in [2.75, 3.05) is 6.61 Å². The summed E-state index contributed by atoms with van der Waals surface area (Å²) in [6.07, 6.45) is 0. The van der Waals surface area contributed by atoms with Crippen LogP contribution in [0.2, 0.25) is 5.02 Å². The lowest BCUT2D eigenvalue weighted by atomic mass is 9.92. The molecule has 2 aromatic rings. The van der Waals surface area contributed by atoms with Gasteiger partial charge in [-0.05, 0) is 43.7 Å². The molecular weight excluding hydrogens is 352 g/mol. The standard InChI is InChI=1S/C20H19ClN2O3/c1-3-26-20(25)18-16(13-6-4-12(2)5-7-13)17(22-23-18)19(24)14-8-10-15(21)11-9-14/h4-11,17,22-23H,3H2,1-2H3/t17-/m0/s1. The normalized spacial score (nSPS) is 16.3. The topological polar surface area (TPSA) is 67.4 Å². The van der Waals surface area contributed by atoms with E-state index in [9.17, 15) is 9.59 Å². The predicted octanol–water partition coefficient (Wildman–Crippen LogP) is 3.28. The van der Waals surface area contributed by atoms with Crippen LogP contribution in [0.25, 0.3) is 5.57 Å². The third kappa shape index (κ3) is 3.64. The highest BCUT2D eigenvalue weighted by atomic mass is 35.5. The summed E-state index contributed by atoms with van der Waals surface area (Å²) in [5.41, 5.74) is 8.94. The van der Waals surface area contributed by atoms with E-state index in [1.54, 1.807) is 31.2 Å². The molecule has 0 bridgehead atoms. The lowest BCUT2D eigenvalue weighted by Crippen LogP contribution is -2.39. The Bertz CT molecular complexity index is 858. The fourth-order valence-electron chi connectivity index (χ4n) is 2.81. The van der Waals surface area contributed by atoms with Gasteiger partial charge >= 0.3 is 5.97 Å². The number of Topliss-reactive ketones (excluding diaryl/α,β-unsaturated/α-hetero) is 1. The fraction of sp³-hybridized carbons (Fsp3) is 0.200. The van der Waals surface area contributed by atoms with Gasteiger partial charge in [0.05, 0.1) is 6.61 Å². The molecule has 1 atom stereocenters. The molecule has 6 heteroatoms. The van der Waals surface area contributed by atoms with Gasteiger partial charge in [-0.3, -0.25) is 4.79 Å². The number of hydrogen-bond donors (Lipinski definition) is 2. The Morgan fingerprint density at radius 1 is 1.08 bits per heavy atom. The molecule has 0 fully saturated rings. The summed E-state index contributed by atoms with van der Waals surface area (Å²) in [6.45, 7) is 3.97. The van der Waals surface area contributed by atoms with E-state index in [1.807, 2.05) is 31.2 Å². The number of ketones is 1. The Labute approximate surface area is 157 Å². The molecule has 0 spiro atoms. The third-order valence-electron chi connectivity index (χ3n) is 4.13. The summed E-state index contributed by atoms with van der Waals surface area (Å²) in [6, 6.07) is 13.6. The SMILES string of the molecule is CCOC(=O)C1=C(c2ccc(C)cc2)[C@@H](C(=O)c2ccc(Cl)cc2)NN1. The van der Waals surface area contributed by atoms with E-state index in [-0.39, 0.29) is 18.1 Å². The molecule has 0 unspecified atom stereocenters. The number of rotatable bonds is 5. The second kappa shape index (κ2) is 7.72. The van der Waals surface area contributed by atoms with E-state index < -0.39 is 12.0 Å². The van der Waals surface area contributed by atoms with Crippen LogP contribution in [0.4, 0.5) is 0 Å². The number of halogens is 1. The molecule has 1 heterocycles. The number of esters is 1. The lowest BCUT2D eigenvalue weighted by molar-refractivity contribution is -0.138. The first-order chi connectivity index (χ1) is 12.5. The molecule has 0 aromatic heterocycles. The zero-order valence-corrected chi connectivity index (χ0v) is 15.3. The summed E-state index contributed by atoms with van der Waals surface area (Å²) in [5, 5.41) is 0.556. The quantitative estimate of drug-likeness (QED) is 0.624. The van der Waals surface area contributed by atoms with Gasteiger partial charge in [0.1, 0.15) is 11.7 Å². The third-order valence-corrected chi connectivity index (χ3v) is 4.38. The van der Waals surface area contributed by atoms with Crippen molar-refractivity contribution in [3.8, 4) is 0 Å². The van der Waals surface area contributed by atoms with Gasteiger partial charge in [0.2, 0.25) is 0 Å². The Hall–Kier alpha value is -2.63. The molecule has 3 rings (SSSR count). The Morgan fingerprint density at radius 3 is 2.35 bits per heavy atom. The van der Waals surface area contributed by atoms with Crippen LogP contribution in [0.15, 0.2) is 54.2 Å². The molecule has 1 aliphatic heterocycles. The molecule has 0 saturated carbocycles. The highest BCUT2D eigenvalue weighted by Crippen LogP contribution is 2.28. The van der Waals surface area contributed by atoms with Crippen molar-refractivity contribution < 1.29 is 14.3 Å². The van der Waals surface area contributed by atoms with Gasteiger partial charge in [-0.1, -0.05) is 41.4 Å². The number of hydrogen-bond acceptors (Lipinski definition) is 5. The maximum absolute atomic E-state index is 13.0. The van der Waals surface area contributed by atoms with Crippen molar-refractivity contribution in [1.29, 1.82) is 0 Å². The van der Waals surface area contributed by atoms with E-state index in [2.05, 4.69) is 10.9 Å². The molecule has 1 aliphatic rings. The first-order valence-electron chi connectivity index (χ1n) is 8.31. The second-order valence-electron chi connectivity index (χ2n) is 5.95. The van der Waals surface area contributed by atoms with Gasteiger partial charge < -0.3 is 10.2 Å². The van der Waals surface area contributed by atoms with Gasteiger partial charge in [-0.15, -0.1) is 0 Å². The van der Waals surface area contributed by atoms with Crippen molar-refractivity contribution in [2.45, 2.75) is 19.9 Å². The predicted molar refractivity (Wildman–Crippen MR) is 101 cm³/mol. The summed E-state index contributed by atoms with van der Waals surface area (Å²) in [7, 11) is 0. The highest BCUT2D eigenvalue weighted by Gasteiger charge is 2.35. The van der Waals surface area contributed by atoms with Crippen LogP contribution < -0.4 is 10.9 Å². The number of carbonyl (C=O) groups excluding carboxylic acids is 2. The van der Waals surface area contributed by atoms with Crippen molar-refractivity contribution in [3.05, 3.63) is 75.9 Å². The molecular formula is C20H19ClN2O3. The maximum Gasteiger partial charge on any atom is 0.356 e. The monoisotopic (exact) mass is 370 g/mol. The van der Waals surface area contributed by atoms with Crippen LogP contribution in [-0.2, 0) is 9.53 Å². The minimum atomic E-state index is -0.710. The molecule has 0 aliphatic carbocycles. The van der Waals surface area contributed by atoms with E-state index in [1.165, 1.54) is 0 Å². The number of aryl methyl sites for hydroxylation is 1. The Balaban J connectivity index is 2.03. The largest absolute Gasteiger partial charge is 0.461 e. The maximum atomic E-state index is 13.0. The first kappa shape index (κ1) is 18.2. The van der Waals surface area contributed by atoms with Crippen molar-refractivity contribution >= 4 is 28.9 Å². The van der Waals surface area contributed by atoms with Crippen molar-refractivity contribution in [2.24, 2.45) is 0 Å². The molecule has 26 heavy (non-hydrogen) atoms. The van der Waals surface area contributed by atoms with Crippen LogP contribution in [0, 0.1) is 6.92 Å². The summed E-state index contributed by atoms with van der Waals surface area (Å²) >= 11 is 5.91. The zero-order chi connectivity index (χ0) is 18.7. The van der Waals surface area contributed by atoms with Gasteiger partial charge in [-0.2, -0.15) is 0 Å². The van der Waals surface area contributed by atoms with Crippen molar-refractivity contribution in [3.63, 3.8) is 0 Å². The number of nitrogens with one attached hydrogen (secondary N) is 2. The second-order valence-corrected chi connectivity index (χ2v) is 6.39. The molecule has 0 saturated heterocycles. The highest BCUT2D eigenvalue weighted by molar-refractivity contribution is 6.30. The zero-order valence-electron chi connectivity index (χ0n) is 14.5. The van der Waals surface area contributed by atoms with Gasteiger partial charge in [0.25, 0.3) is 0 Å². The molecule has 5 nitrogen and oxygen atoms in total. The Kier molecular flexibility index (Phi) is 5.40. The van der Waals surface area contributed by atoms with E-state index in [0.29, 0.717) is 16.2 Å². The van der Waals surface area contributed by atoms with Crippen LogP contribution in [0.3, 0.4) is 0 Å². The van der Waals surface area contributed by atoms with E-state index in [0.717, 1.165) is 11.1 Å². The van der Waals surface area contributed by atoms with Crippen LogP contribution in [0.5, 0.6) is 0 Å². The van der Waals surface area contributed by atoms with Gasteiger partial charge in [0, 0.05) is 16.2 Å². The smallest absolute Gasteiger partial charge is 0.356 e. The average molecular weight is 371 g/mol. The number of carbonyl (C=O) groups is 2. The number of benzene rings is 2. The molecule has 2 aromatic carbocycles. The summed E-state index contributed by atoms with van der Waals surface area (Å²) in [5.74, 6) is -0.661. The van der Waals surface area contributed by atoms with E-state index in [4.69, 9.17) is 16.3 Å². The number of ether oxygens (including phenoxy) is 1. The molecule has 134 valence electrons. The molecule has 0 radical (unpaired) electrons. The summed E-state index contributed by atoms with van der Waals surface area (Å²) < 4.78 is 5.12. The van der Waals surface area contributed by atoms with Crippen molar-refractivity contribution in [1.82, 2.24) is 10.9 Å².